The summed E-state index contributed by atoms with van der Waals surface area (Å²) >= 11 is 3.29. The highest BCUT2D eigenvalue weighted by atomic mass is 79.9. The van der Waals surface area contributed by atoms with Crippen LogP contribution in [0.1, 0.15) is 33.3 Å². The van der Waals surface area contributed by atoms with Crippen LogP contribution in [0.2, 0.25) is 0 Å². The fraction of sp³-hybridized carbons (Fsp3) is 0.500. The summed E-state index contributed by atoms with van der Waals surface area (Å²) in [5.41, 5.74) is 1.27. The van der Waals surface area contributed by atoms with E-state index in [9.17, 15) is 0 Å². The van der Waals surface area contributed by atoms with Crippen LogP contribution in [-0.4, -0.2) is 18.8 Å². The van der Waals surface area contributed by atoms with Gasteiger partial charge in [-0.2, -0.15) is 0 Å². The van der Waals surface area contributed by atoms with Gasteiger partial charge in [0.2, 0.25) is 0 Å². The van der Waals surface area contributed by atoms with Gasteiger partial charge in [-0.3, -0.25) is 0 Å². The number of ether oxygens (including phenoxy) is 2. The number of benzene rings is 1. The number of nitrogens with one attached hydrogen (secondary N) is 1. The van der Waals surface area contributed by atoms with Gasteiger partial charge >= 0.3 is 0 Å². The molecule has 1 N–H and O–H groups in total. The first-order valence-corrected chi connectivity index (χ1v) is 7.58. The third-order valence-electron chi connectivity index (χ3n) is 2.52. The predicted molar refractivity (Wildman–Crippen MR) is 87.8 cm³/mol. The molecule has 0 fully saturated rings. The van der Waals surface area contributed by atoms with Crippen molar-refractivity contribution in [2.45, 2.75) is 39.8 Å². The summed E-state index contributed by atoms with van der Waals surface area (Å²) < 4.78 is 12.1. The van der Waals surface area contributed by atoms with Gasteiger partial charge in [-0.1, -0.05) is 28.6 Å². The van der Waals surface area contributed by atoms with Gasteiger partial charge in [0.25, 0.3) is 0 Å². The van der Waals surface area contributed by atoms with E-state index in [1.54, 1.807) is 0 Å². The maximum Gasteiger partial charge on any atom is 0.161 e. The molecule has 0 aromatic heterocycles. The van der Waals surface area contributed by atoms with Crippen molar-refractivity contribution < 1.29 is 9.47 Å². The Morgan fingerprint density at radius 3 is 2.50 bits per heavy atom. The largest absolute Gasteiger partial charge is 0.490 e. The van der Waals surface area contributed by atoms with Crippen molar-refractivity contribution in [2.75, 3.05) is 13.2 Å². The minimum Gasteiger partial charge on any atom is -0.490 e. The Labute approximate surface area is 130 Å². The molecule has 0 spiro atoms. The molecule has 20 heavy (non-hydrogen) atoms. The van der Waals surface area contributed by atoms with Gasteiger partial charge in [0, 0.05) is 16.6 Å². The Balaban J connectivity index is 2.80. The lowest BCUT2D eigenvalue weighted by Gasteiger charge is -2.21. The van der Waals surface area contributed by atoms with E-state index in [-0.39, 0.29) is 5.54 Å². The summed E-state index contributed by atoms with van der Waals surface area (Å²) in [7, 11) is 0. The van der Waals surface area contributed by atoms with Crippen molar-refractivity contribution in [3.05, 3.63) is 34.8 Å². The average molecular weight is 342 g/mol. The molecule has 1 aromatic carbocycles. The fourth-order valence-electron chi connectivity index (χ4n) is 1.57. The number of rotatable bonds is 7. The van der Waals surface area contributed by atoms with Crippen molar-refractivity contribution in [3.8, 4) is 11.5 Å². The van der Waals surface area contributed by atoms with Crippen LogP contribution < -0.4 is 14.8 Å². The smallest absolute Gasteiger partial charge is 0.161 e. The van der Waals surface area contributed by atoms with Crippen molar-refractivity contribution in [3.63, 3.8) is 0 Å². The van der Waals surface area contributed by atoms with E-state index in [1.807, 2.05) is 25.1 Å². The second-order valence-corrected chi connectivity index (χ2v) is 6.75. The van der Waals surface area contributed by atoms with E-state index in [1.165, 1.54) is 5.56 Å². The fourth-order valence-corrected chi connectivity index (χ4v) is 1.69. The molecular formula is C16H24BrNO2. The molecular weight excluding hydrogens is 318 g/mol. The Bertz CT molecular complexity index is 452. The third-order valence-corrected chi connectivity index (χ3v) is 2.74. The van der Waals surface area contributed by atoms with Crippen LogP contribution >= 0.6 is 15.9 Å². The second kappa shape index (κ2) is 7.70. The summed E-state index contributed by atoms with van der Waals surface area (Å²) in [5, 5.41) is 3.46. The van der Waals surface area contributed by atoms with Crippen LogP contribution in [0.5, 0.6) is 11.5 Å². The summed E-state index contributed by atoms with van der Waals surface area (Å²) in [6.07, 6.45) is 0. The van der Waals surface area contributed by atoms with Crippen molar-refractivity contribution in [2.24, 2.45) is 0 Å². The molecule has 112 valence electrons. The SMILES string of the molecule is C=C(Br)COc1ccc(CNC(C)(C)C)cc1OCC. The molecule has 0 aliphatic rings. The van der Waals surface area contributed by atoms with Crippen LogP contribution in [0.4, 0.5) is 0 Å². The summed E-state index contributed by atoms with van der Waals surface area (Å²) in [4.78, 5) is 0. The molecule has 0 bridgehead atoms. The minimum absolute atomic E-state index is 0.0919. The second-order valence-electron chi connectivity index (χ2n) is 5.62. The van der Waals surface area contributed by atoms with Crippen molar-refractivity contribution in [1.29, 1.82) is 0 Å². The first-order chi connectivity index (χ1) is 9.31. The van der Waals surface area contributed by atoms with Gasteiger partial charge in [-0.15, -0.1) is 0 Å². The zero-order valence-electron chi connectivity index (χ0n) is 12.8. The predicted octanol–water partition coefficient (Wildman–Crippen LogP) is 4.26. The molecule has 0 atom stereocenters. The molecule has 0 saturated carbocycles. The van der Waals surface area contributed by atoms with E-state index in [2.05, 4.69) is 48.6 Å². The molecule has 0 amide bonds. The molecule has 4 heteroatoms. The van der Waals surface area contributed by atoms with E-state index in [0.717, 1.165) is 22.5 Å². The van der Waals surface area contributed by atoms with Crippen molar-refractivity contribution in [1.82, 2.24) is 5.32 Å². The summed E-state index contributed by atoms with van der Waals surface area (Å²) in [6.45, 7) is 14.0. The van der Waals surface area contributed by atoms with Crippen LogP contribution in [0.15, 0.2) is 29.3 Å². The summed E-state index contributed by atoms with van der Waals surface area (Å²) in [6, 6.07) is 6.02. The van der Waals surface area contributed by atoms with E-state index >= 15 is 0 Å². The molecule has 0 heterocycles. The topological polar surface area (TPSA) is 30.5 Å². The van der Waals surface area contributed by atoms with Crippen molar-refractivity contribution >= 4 is 15.9 Å². The number of hydrogen-bond acceptors (Lipinski definition) is 3. The van der Waals surface area contributed by atoms with Crippen LogP contribution in [0.3, 0.4) is 0 Å². The summed E-state index contributed by atoms with van der Waals surface area (Å²) in [5.74, 6) is 1.52. The van der Waals surface area contributed by atoms with Gasteiger partial charge in [0.05, 0.1) is 6.61 Å². The third kappa shape index (κ3) is 6.44. The molecule has 0 aliphatic carbocycles. The van der Waals surface area contributed by atoms with Gasteiger partial charge in [-0.05, 0) is 45.4 Å². The van der Waals surface area contributed by atoms with Gasteiger partial charge in [0.15, 0.2) is 11.5 Å². The Hall–Kier alpha value is -1.00. The molecule has 0 aliphatic heterocycles. The lowest BCUT2D eigenvalue weighted by molar-refractivity contribution is 0.295. The van der Waals surface area contributed by atoms with Crippen LogP contribution in [0, 0.1) is 0 Å². The van der Waals surface area contributed by atoms with Gasteiger partial charge in [-0.25, -0.2) is 0 Å². The first kappa shape index (κ1) is 17.1. The van der Waals surface area contributed by atoms with E-state index in [0.29, 0.717) is 13.2 Å². The number of hydrogen-bond donors (Lipinski definition) is 1. The Morgan fingerprint density at radius 1 is 1.25 bits per heavy atom. The zero-order valence-corrected chi connectivity index (χ0v) is 14.3. The standard InChI is InChI=1S/C16H24BrNO2/c1-6-19-15-9-13(10-18-16(3,4)5)7-8-14(15)20-11-12(2)17/h7-9,18H,2,6,10-11H2,1,3-5H3. The lowest BCUT2D eigenvalue weighted by Crippen LogP contribution is -2.35. The Morgan fingerprint density at radius 2 is 1.95 bits per heavy atom. The highest BCUT2D eigenvalue weighted by molar-refractivity contribution is 9.11. The van der Waals surface area contributed by atoms with E-state index in [4.69, 9.17) is 9.47 Å². The number of halogens is 1. The van der Waals surface area contributed by atoms with Crippen LogP contribution in [-0.2, 0) is 6.54 Å². The maximum atomic E-state index is 5.66. The quantitative estimate of drug-likeness (QED) is 0.803. The van der Waals surface area contributed by atoms with Crippen LogP contribution in [0.25, 0.3) is 0 Å². The lowest BCUT2D eigenvalue weighted by atomic mass is 10.1. The molecule has 1 aromatic rings. The molecule has 0 saturated heterocycles. The molecule has 0 unspecified atom stereocenters. The first-order valence-electron chi connectivity index (χ1n) is 6.78. The Kier molecular flexibility index (Phi) is 6.56. The minimum atomic E-state index is 0.0919. The zero-order chi connectivity index (χ0) is 15.2. The van der Waals surface area contributed by atoms with Gasteiger partial charge < -0.3 is 14.8 Å². The highest BCUT2D eigenvalue weighted by Gasteiger charge is 2.11. The molecule has 3 nitrogen and oxygen atoms in total. The normalized spacial score (nSPS) is 11.2. The van der Waals surface area contributed by atoms with E-state index < -0.39 is 0 Å². The molecule has 1 rings (SSSR count). The monoisotopic (exact) mass is 341 g/mol. The van der Waals surface area contributed by atoms with Gasteiger partial charge in [0.1, 0.15) is 6.61 Å². The maximum absolute atomic E-state index is 5.66. The molecule has 0 radical (unpaired) electrons. The average Bonchev–Trinajstić information content (AvgIpc) is 2.34. The highest BCUT2D eigenvalue weighted by Crippen LogP contribution is 2.29.